The molecule has 23 heavy (non-hydrogen) atoms. The highest BCUT2D eigenvalue weighted by Crippen LogP contribution is 2.13. The van der Waals surface area contributed by atoms with Gasteiger partial charge < -0.3 is 10.1 Å². The number of hydrogen-bond donors (Lipinski definition) is 2. The number of para-hydroxylation sites is 1. The van der Waals surface area contributed by atoms with Crippen LogP contribution in [0.4, 0.5) is 5.69 Å². The molecule has 0 aromatic heterocycles. The number of nitrogens with one attached hydrogen (secondary N) is 2. The molecule has 0 fully saturated rings. The molecule has 2 rings (SSSR count). The van der Waals surface area contributed by atoms with Gasteiger partial charge in [0.05, 0.1) is 18.2 Å². The third-order valence-corrected chi connectivity index (χ3v) is 3.40. The zero-order chi connectivity index (χ0) is 16.8. The fourth-order valence-corrected chi connectivity index (χ4v) is 2.21. The number of amides is 1. The summed E-state index contributed by atoms with van der Waals surface area (Å²) >= 11 is 5.15. The van der Waals surface area contributed by atoms with Crippen LogP contribution >= 0.6 is 12.2 Å². The molecule has 1 amide bonds. The summed E-state index contributed by atoms with van der Waals surface area (Å²) in [5.41, 5.74) is 2.19. The van der Waals surface area contributed by atoms with E-state index in [0.717, 1.165) is 11.3 Å². The van der Waals surface area contributed by atoms with Crippen molar-refractivity contribution >= 4 is 34.9 Å². The first kappa shape index (κ1) is 16.6. The third-order valence-electron chi connectivity index (χ3n) is 3.20. The maximum absolute atomic E-state index is 12.3. The van der Waals surface area contributed by atoms with Crippen molar-refractivity contribution in [3.05, 3.63) is 65.2 Å². The number of carbonyl (C=O) groups is 2. The van der Waals surface area contributed by atoms with Crippen LogP contribution in [0.25, 0.3) is 0 Å². The van der Waals surface area contributed by atoms with E-state index in [1.165, 1.54) is 19.2 Å². The maximum atomic E-state index is 12.3. The van der Waals surface area contributed by atoms with Crippen molar-refractivity contribution in [2.45, 2.75) is 6.92 Å². The molecule has 0 aliphatic carbocycles. The van der Waals surface area contributed by atoms with Crippen molar-refractivity contribution < 1.29 is 14.3 Å². The van der Waals surface area contributed by atoms with Crippen LogP contribution in [-0.2, 0) is 4.74 Å². The van der Waals surface area contributed by atoms with Gasteiger partial charge in [0.1, 0.15) is 0 Å². The van der Waals surface area contributed by atoms with Crippen LogP contribution in [0.15, 0.2) is 48.5 Å². The second-order valence-corrected chi connectivity index (χ2v) is 5.17. The van der Waals surface area contributed by atoms with E-state index in [9.17, 15) is 9.59 Å². The maximum Gasteiger partial charge on any atom is 0.338 e. The Balaban J connectivity index is 2.12. The Morgan fingerprint density at radius 2 is 1.61 bits per heavy atom. The molecule has 0 aliphatic heterocycles. The first-order valence-corrected chi connectivity index (χ1v) is 7.29. The topological polar surface area (TPSA) is 67.4 Å². The lowest BCUT2D eigenvalue weighted by molar-refractivity contribution is 0.0596. The van der Waals surface area contributed by atoms with Crippen LogP contribution in [0.5, 0.6) is 0 Å². The Hall–Kier alpha value is -2.73. The van der Waals surface area contributed by atoms with E-state index in [1.807, 2.05) is 31.2 Å². The van der Waals surface area contributed by atoms with Gasteiger partial charge in [0, 0.05) is 5.69 Å². The number of hydrogen-bond acceptors (Lipinski definition) is 4. The summed E-state index contributed by atoms with van der Waals surface area (Å²) < 4.78 is 4.68. The monoisotopic (exact) mass is 328 g/mol. The highest BCUT2D eigenvalue weighted by molar-refractivity contribution is 7.80. The lowest BCUT2D eigenvalue weighted by Gasteiger charge is -2.12. The quantitative estimate of drug-likeness (QED) is 0.670. The lowest BCUT2D eigenvalue weighted by Crippen LogP contribution is -2.35. The van der Waals surface area contributed by atoms with Crippen molar-refractivity contribution in [2.75, 3.05) is 12.4 Å². The summed E-state index contributed by atoms with van der Waals surface area (Å²) in [6, 6.07) is 14.0. The van der Waals surface area contributed by atoms with Crippen LogP contribution in [0.1, 0.15) is 26.3 Å². The standard InChI is InChI=1S/C17H16N2O3S/c1-11-7-3-6-10-14(11)18-17(23)19-15(20)12-8-4-5-9-13(12)16(21)22-2/h3-10H,1-2H3,(H2,18,19,20,23). The van der Waals surface area contributed by atoms with Crippen LogP contribution < -0.4 is 10.6 Å². The summed E-state index contributed by atoms with van der Waals surface area (Å²) in [6.45, 7) is 1.93. The Labute approximate surface area is 139 Å². The van der Waals surface area contributed by atoms with Gasteiger partial charge in [-0.15, -0.1) is 0 Å². The molecule has 6 heteroatoms. The van der Waals surface area contributed by atoms with E-state index in [4.69, 9.17) is 12.2 Å². The van der Waals surface area contributed by atoms with Gasteiger partial charge in [-0.1, -0.05) is 30.3 Å². The minimum absolute atomic E-state index is 0.156. The van der Waals surface area contributed by atoms with Gasteiger partial charge in [0.2, 0.25) is 0 Å². The fourth-order valence-electron chi connectivity index (χ4n) is 2.01. The number of carbonyl (C=O) groups excluding carboxylic acids is 2. The summed E-state index contributed by atoms with van der Waals surface area (Å²) in [6.07, 6.45) is 0. The largest absolute Gasteiger partial charge is 0.465 e. The van der Waals surface area contributed by atoms with E-state index in [1.54, 1.807) is 12.1 Å². The van der Waals surface area contributed by atoms with Gasteiger partial charge >= 0.3 is 5.97 Å². The van der Waals surface area contributed by atoms with Crippen molar-refractivity contribution in [2.24, 2.45) is 0 Å². The number of ether oxygens (including phenoxy) is 1. The zero-order valence-electron chi connectivity index (χ0n) is 12.8. The molecule has 0 radical (unpaired) electrons. The molecule has 0 atom stereocenters. The van der Waals surface area contributed by atoms with Gasteiger partial charge in [-0.3, -0.25) is 10.1 Å². The van der Waals surface area contributed by atoms with Gasteiger partial charge in [-0.2, -0.15) is 0 Å². The second-order valence-electron chi connectivity index (χ2n) is 4.76. The minimum atomic E-state index is -0.575. The molecule has 0 unspecified atom stereocenters. The van der Waals surface area contributed by atoms with E-state index >= 15 is 0 Å². The smallest absolute Gasteiger partial charge is 0.338 e. The molecule has 0 aliphatic rings. The Morgan fingerprint density at radius 1 is 1.00 bits per heavy atom. The zero-order valence-corrected chi connectivity index (χ0v) is 13.6. The van der Waals surface area contributed by atoms with Gasteiger partial charge in [0.15, 0.2) is 5.11 Å². The minimum Gasteiger partial charge on any atom is -0.465 e. The Kier molecular flexibility index (Phi) is 5.43. The van der Waals surface area contributed by atoms with E-state index in [-0.39, 0.29) is 16.2 Å². The van der Waals surface area contributed by atoms with E-state index in [2.05, 4.69) is 15.4 Å². The van der Waals surface area contributed by atoms with E-state index in [0.29, 0.717) is 0 Å². The van der Waals surface area contributed by atoms with Crippen LogP contribution in [0, 0.1) is 6.92 Å². The summed E-state index contributed by atoms with van der Waals surface area (Å²) in [5.74, 6) is -1.05. The molecule has 0 saturated heterocycles. The second kappa shape index (κ2) is 7.51. The SMILES string of the molecule is COC(=O)c1ccccc1C(=O)NC(=S)Nc1ccccc1C. The number of aryl methyl sites for hydroxylation is 1. The number of thiocarbonyl (C=S) groups is 1. The molecular formula is C17H16N2O3S. The molecule has 0 heterocycles. The number of rotatable bonds is 3. The first-order valence-electron chi connectivity index (χ1n) is 6.88. The Bertz CT molecular complexity index is 759. The number of methoxy groups -OCH3 is 1. The number of esters is 1. The predicted octanol–water partition coefficient (Wildman–Crippen LogP) is 2.91. The third kappa shape index (κ3) is 4.14. The molecule has 2 N–H and O–H groups in total. The normalized spacial score (nSPS) is 9.83. The summed E-state index contributed by atoms with van der Waals surface area (Å²) in [5, 5.41) is 5.68. The molecule has 5 nitrogen and oxygen atoms in total. The molecule has 2 aromatic carbocycles. The van der Waals surface area contributed by atoms with Crippen LogP contribution in [0.2, 0.25) is 0 Å². The van der Waals surface area contributed by atoms with Crippen molar-refractivity contribution in [3.8, 4) is 0 Å². The van der Waals surface area contributed by atoms with Crippen molar-refractivity contribution in [1.29, 1.82) is 0 Å². The summed E-state index contributed by atoms with van der Waals surface area (Å²) in [7, 11) is 1.27. The molecule has 0 bridgehead atoms. The Morgan fingerprint density at radius 3 is 2.26 bits per heavy atom. The molecule has 2 aromatic rings. The average molecular weight is 328 g/mol. The number of benzene rings is 2. The first-order chi connectivity index (χ1) is 11.0. The van der Waals surface area contributed by atoms with Crippen molar-refractivity contribution in [3.63, 3.8) is 0 Å². The summed E-state index contributed by atoms with van der Waals surface area (Å²) in [4.78, 5) is 24.0. The lowest BCUT2D eigenvalue weighted by atomic mass is 10.1. The predicted molar refractivity (Wildman–Crippen MR) is 92.6 cm³/mol. The molecule has 0 saturated carbocycles. The van der Waals surface area contributed by atoms with Crippen molar-refractivity contribution in [1.82, 2.24) is 5.32 Å². The highest BCUT2D eigenvalue weighted by atomic mass is 32.1. The molecule has 118 valence electrons. The van der Waals surface area contributed by atoms with Gasteiger partial charge in [-0.05, 0) is 42.9 Å². The molecular weight excluding hydrogens is 312 g/mol. The fraction of sp³-hybridized carbons (Fsp3) is 0.118. The van der Waals surface area contributed by atoms with Gasteiger partial charge in [0.25, 0.3) is 5.91 Å². The number of anilines is 1. The van der Waals surface area contributed by atoms with Gasteiger partial charge in [-0.25, -0.2) is 4.79 Å². The highest BCUT2D eigenvalue weighted by Gasteiger charge is 2.17. The molecule has 0 spiro atoms. The van der Waals surface area contributed by atoms with E-state index < -0.39 is 11.9 Å². The van der Waals surface area contributed by atoms with Crippen LogP contribution in [-0.4, -0.2) is 24.1 Å². The average Bonchev–Trinajstić information content (AvgIpc) is 2.56. The van der Waals surface area contributed by atoms with Crippen LogP contribution in [0.3, 0.4) is 0 Å².